The van der Waals surface area contributed by atoms with Crippen LogP contribution in [0.15, 0.2) is 0 Å². The van der Waals surface area contributed by atoms with E-state index in [-0.39, 0.29) is 6.04 Å². The van der Waals surface area contributed by atoms with Gasteiger partial charge in [-0.15, -0.1) is 5.10 Å². The van der Waals surface area contributed by atoms with Crippen LogP contribution in [0.2, 0.25) is 0 Å². The zero-order valence-electron chi connectivity index (χ0n) is 4.76. The topological polar surface area (TPSA) is 41.0 Å². The van der Waals surface area contributed by atoms with Crippen molar-refractivity contribution in [2.24, 2.45) is 0 Å². The van der Waals surface area contributed by atoms with Gasteiger partial charge in [-0.2, -0.15) is 10.3 Å². The van der Waals surface area contributed by atoms with Crippen molar-refractivity contribution in [3.05, 3.63) is 0 Å². The Bertz CT molecular complexity index is 144. The average Bonchev–Trinajstić information content (AvgIpc) is 2.14. The molecule has 3 heteroatoms. The molecule has 0 bridgehead atoms. The van der Waals surface area contributed by atoms with Crippen LogP contribution in [0.25, 0.3) is 0 Å². The molecule has 1 aliphatic rings. The lowest BCUT2D eigenvalue weighted by Gasteiger charge is -2.02. The van der Waals surface area contributed by atoms with Gasteiger partial charge in [-0.1, -0.05) is 0 Å². The standard InChI is InChI=1S/C5H7N3/c1-8-5(4-6)2-3-7-8/h3,5H,2H2,1H3/p+1. The molecule has 0 radical (unpaired) electrons. The number of rotatable bonds is 0. The van der Waals surface area contributed by atoms with E-state index in [1.54, 1.807) is 5.01 Å². The Kier molecular flexibility index (Phi) is 1.17. The summed E-state index contributed by atoms with van der Waals surface area (Å²) in [7, 11) is 1.86. The highest BCUT2D eigenvalue weighted by Crippen LogP contribution is 1.92. The van der Waals surface area contributed by atoms with E-state index >= 15 is 0 Å². The van der Waals surface area contributed by atoms with E-state index in [1.165, 1.54) is 0 Å². The van der Waals surface area contributed by atoms with E-state index in [4.69, 9.17) is 5.26 Å². The summed E-state index contributed by atoms with van der Waals surface area (Å²) < 4.78 is 0. The largest absolute Gasteiger partial charge is 0.196 e. The molecular formula is C5H8N3+. The molecule has 1 atom stereocenters. The van der Waals surface area contributed by atoms with Gasteiger partial charge < -0.3 is 0 Å². The molecule has 0 spiro atoms. The van der Waals surface area contributed by atoms with Crippen molar-refractivity contribution in [3.63, 3.8) is 0 Å². The predicted molar refractivity (Wildman–Crippen MR) is 28.8 cm³/mol. The van der Waals surface area contributed by atoms with Crippen LogP contribution in [-0.2, 0) is 0 Å². The highest BCUT2D eigenvalue weighted by atomic mass is 15.5. The maximum Gasteiger partial charge on any atom is 0.178 e. The molecule has 0 aromatic carbocycles. The normalized spacial score (nSPS) is 26.0. The molecule has 1 unspecified atom stereocenters. The first kappa shape index (κ1) is 5.10. The summed E-state index contributed by atoms with van der Waals surface area (Å²) in [5.41, 5.74) is 0. The number of hydrazone groups is 1. The van der Waals surface area contributed by atoms with E-state index in [0.717, 1.165) is 6.42 Å². The lowest BCUT2D eigenvalue weighted by atomic mass is 10.3. The second-order valence-corrected chi connectivity index (χ2v) is 1.82. The van der Waals surface area contributed by atoms with Crippen LogP contribution in [0.1, 0.15) is 6.42 Å². The minimum absolute atomic E-state index is 0.0370. The molecule has 0 amide bonds. The van der Waals surface area contributed by atoms with E-state index in [1.807, 2.05) is 13.3 Å². The maximum atomic E-state index is 8.38. The molecule has 1 rings (SSSR count). The Labute approximate surface area is 48.2 Å². The third-order valence-corrected chi connectivity index (χ3v) is 1.25. The second-order valence-electron chi connectivity index (χ2n) is 1.82. The summed E-state index contributed by atoms with van der Waals surface area (Å²) in [6, 6.07) is 2.18. The van der Waals surface area contributed by atoms with Gasteiger partial charge in [0.05, 0.1) is 19.5 Å². The Morgan fingerprint density at radius 3 is 3.00 bits per heavy atom. The Hall–Kier alpha value is -1.04. The van der Waals surface area contributed by atoms with Gasteiger partial charge in [0.25, 0.3) is 0 Å². The third-order valence-electron chi connectivity index (χ3n) is 1.25. The number of nitrogens with zero attached hydrogens (tertiary/aromatic N) is 2. The molecule has 0 aliphatic carbocycles. The van der Waals surface area contributed by atoms with Crippen molar-refractivity contribution in [1.29, 1.82) is 5.26 Å². The van der Waals surface area contributed by atoms with E-state index in [0.29, 0.717) is 0 Å². The van der Waals surface area contributed by atoms with Crippen LogP contribution in [0.4, 0.5) is 0 Å². The third kappa shape index (κ3) is 0.648. The highest BCUT2D eigenvalue weighted by molar-refractivity contribution is 5.53. The van der Waals surface area contributed by atoms with Gasteiger partial charge in [0.2, 0.25) is 0 Å². The molecule has 1 heterocycles. The quantitative estimate of drug-likeness (QED) is 0.403. The van der Waals surface area contributed by atoms with Crippen LogP contribution in [-0.4, -0.2) is 24.3 Å². The fourth-order valence-corrected chi connectivity index (χ4v) is 0.696. The Morgan fingerprint density at radius 2 is 2.75 bits per heavy atom. The van der Waals surface area contributed by atoms with E-state index < -0.39 is 0 Å². The van der Waals surface area contributed by atoms with Gasteiger partial charge in [-0.05, 0) is 0 Å². The van der Waals surface area contributed by atoms with Crippen molar-refractivity contribution in [2.45, 2.75) is 12.5 Å². The number of nitrogens with one attached hydrogen (secondary N) is 1. The fourth-order valence-electron chi connectivity index (χ4n) is 0.696. The molecule has 3 nitrogen and oxygen atoms in total. The zero-order valence-corrected chi connectivity index (χ0v) is 4.76. The molecule has 1 N–H and O–H groups in total. The van der Waals surface area contributed by atoms with Crippen LogP contribution in [0.3, 0.4) is 0 Å². The van der Waals surface area contributed by atoms with Gasteiger partial charge in [0.15, 0.2) is 12.3 Å². The molecule has 0 aromatic heterocycles. The Morgan fingerprint density at radius 1 is 2.00 bits per heavy atom. The fraction of sp³-hybridized carbons (Fsp3) is 0.600. The van der Waals surface area contributed by atoms with Crippen LogP contribution < -0.4 is 5.10 Å². The lowest BCUT2D eigenvalue weighted by molar-refractivity contribution is -0.629. The van der Waals surface area contributed by atoms with Crippen molar-refractivity contribution < 1.29 is 5.10 Å². The SMILES string of the molecule is CN1[NH+]=CCC1C#N. The molecular weight excluding hydrogens is 102 g/mol. The summed E-state index contributed by atoms with van der Waals surface area (Å²) in [6.45, 7) is 0. The van der Waals surface area contributed by atoms with Gasteiger partial charge in [0.1, 0.15) is 0 Å². The van der Waals surface area contributed by atoms with Crippen molar-refractivity contribution in [2.75, 3.05) is 7.05 Å². The summed E-state index contributed by atoms with van der Waals surface area (Å²) in [5.74, 6) is 0. The molecule has 0 saturated heterocycles. The molecule has 8 heavy (non-hydrogen) atoms. The van der Waals surface area contributed by atoms with Crippen molar-refractivity contribution >= 4 is 6.21 Å². The molecule has 0 saturated carbocycles. The van der Waals surface area contributed by atoms with Crippen molar-refractivity contribution in [1.82, 2.24) is 5.01 Å². The first-order valence-electron chi connectivity index (χ1n) is 2.55. The first-order chi connectivity index (χ1) is 3.84. The van der Waals surface area contributed by atoms with E-state index in [9.17, 15) is 0 Å². The highest BCUT2D eigenvalue weighted by Gasteiger charge is 2.20. The molecule has 1 aliphatic heterocycles. The minimum Gasteiger partial charge on any atom is -0.196 e. The summed E-state index contributed by atoms with van der Waals surface area (Å²) >= 11 is 0. The van der Waals surface area contributed by atoms with Gasteiger partial charge in [0, 0.05) is 0 Å². The summed E-state index contributed by atoms with van der Waals surface area (Å²) in [4.78, 5) is 0. The van der Waals surface area contributed by atoms with Gasteiger partial charge in [-0.25, -0.2) is 0 Å². The first-order valence-corrected chi connectivity index (χ1v) is 2.55. The molecule has 0 aromatic rings. The average molecular weight is 110 g/mol. The van der Waals surface area contributed by atoms with E-state index in [2.05, 4.69) is 11.2 Å². The van der Waals surface area contributed by atoms with Gasteiger partial charge >= 0.3 is 0 Å². The molecule has 0 fully saturated rings. The number of hydrazine groups is 1. The van der Waals surface area contributed by atoms with Crippen LogP contribution >= 0.6 is 0 Å². The summed E-state index contributed by atoms with van der Waals surface area (Å²) in [6.07, 6.45) is 2.71. The lowest BCUT2D eigenvalue weighted by Crippen LogP contribution is -2.77. The van der Waals surface area contributed by atoms with Crippen LogP contribution in [0, 0.1) is 11.3 Å². The zero-order chi connectivity index (χ0) is 5.98. The Balaban J connectivity index is 2.54. The summed E-state index contributed by atoms with van der Waals surface area (Å²) in [5, 5.41) is 13.1. The maximum absolute atomic E-state index is 8.38. The number of hydrogen-bond acceptors (Lipinski definition) is 2. The molecule has 42 valence electrons. The minimum atomic E-state index is 0.0370. The van der Waals surface area contributed by atoms with Gasteiger partial charge in [-0.3, -0.25) is 0 Å². The monoisotopic (exact) mass is 110 g/mol. The number of nitriles is 1. The predicted octanol–water partition coefficient (Wildman–Crippen LogP) is -1.72. The van der Waals surface area contributed by atoms with Crippen LogP contribution in [0.5, 0.6) is 0 Å². The second kappa shape index (κ2) is 1.83. The smallest absolute Gasteiger partial charge is 0.178 e. The number of hydrogen-bond donors (Lipinski definition) is 1. The van der Waals surface area contributed by atoms with Crippen molar-refractivity contribution in [3.8, 4) is 6.07 Å².